The molecule has 0 spiro atoms. The summed E-state index contributed by atoms with van der Waals surface area (Å²) in [5.41, 5.74) is 1.89. The highest BCUT2D eigenvalue weighted by Crippen LogP contribution is 2.17. The van der Waals surface area contributed by atoms with Crippen LogP contribution in [-0.4, -0.2) is 38.3 Å². The third-order valence-electron chi connectivity index (χ3n) is 2.51. The first-order valence-corrected chi connectivity index (χ1v) is 5.69. The van der Waals surface area contributed by atoms with Gasteiger partial charge in [-0.1, -0.05) is 0 Å². The molecule has 0 aromatic carbocycles. The zero-order chi connectivity index (χ0) is 12.4. The fraction of sp³-hybridized carbons (Fsp3) is 0.500. The molecule has 2 aromatic heterocycles. The number of aromatic nitrogens is 5. The van der Waals surface area contributed by atoms with Gasteiger partial charge >= 0.3 is 0 Å². The maximum absolute atomic E-state index is 5.20. The summed E-state index contributed by atoms with van der Waals surface area (Å²) >= 11 is 5.20. The standard InChI is InChI=1S/C10H15N5OS/c1-7-6-8(14(2)13-7)9-11-12-10(17)15(9)4-5-16-3/h6H,4-5H2,1-3H3,(H,12,17). The lowest BCUT2D eigenvalue weighted by Crippen LogP contribution is -2.08. The topological polar surface area (TPSA) is 60.7 Å². The second-order valence-corrected chi connectivity index (χ2v) is 4.18. The fourth-order valence-electron chi connectivity index (χ4n) is 1.72. The Bertz CT molecular complexity index is 568. The van der Waals surface area contributed by atoms with E-state index >= 15 is 0 Å². The van der Waals surface area contributed by atoms with Crippen molar-refractivity contribution in [2.45, 2.75) is 13.5 Å². The van der Waals surface area contributed by atoms with E-state index in [-0.39, 0.29) is 0 Å². The molecular formula is C10H15N5OS. The normalized spacial score (nSPS) is 11.0. The van der Waals surface area contributed by atoms with Gasteiger partial charge < -0.3 is 4.74 Å². The van der Waals surface area contributed by atoms with Crippen LogP contribution in [-0.2, 0) is 18.3 Å². The van der Waals surface area contributed by atoms with E-state index in [0.717, 1.165) is 17.2 Å². The number of aryl methyl sites for hydroxylation is 2. The van der Waals surface area contributed by atoms with Crippen LogP contribution in [0.25, 0.3) is 11.5 Å². The van der Waals surface area contributed by atoms with Gasteiger partial charge in [-0.25, -0.2) is 0 Å². The molecular weight excluding hydrogens is 238 g/mol. The Kier molecular flexibility index (Phi) is 3.39. The number of ether oxygens (including phenoxy) is 1. The Labute approximate surface area is 104 Å². The monoisotopic (exact) mass is 253 g/mol. The van der Waals surface area contributed by atoms with Gasteiger partial charge in [0.2, 0.25) is 0 Å². The molecule has 0 amide bonds. The van der Waals surface area contributed by atoms with Crippen molar-refractivity contribution in [2.24, 2.45) is 7.05 Å². The van der Waals surface area contributed by atoms with E-state index in [1.54, 1.807) is 11.8 Å². The summed E-state index contributed by atoms with van der Waals surface area (Å²) in [7, 11) is 3.55. The van der Waals surface area contributed by atoms with Gasteiger partial charge in [-0.3, -0.25) is 14.3 Å². The van der Waals surface area contributed by atoms with Crippen LogP contribution in [0.5, 0.6) is 0 Å². The first-order chi connectivity index (χ1) is 8.13. The van der Waals surface area contributed by atoms with Gasteiger partial charge in [0.25, 0.3) is 0 Å². The van der Waals surface area contributed by atoms with Crippen molar-refractivity contribution in [1.29, 1.82) is 0 Å². The van der Waals surface area contributed by atoms with Crippen LogP contribution in [0.2, 0.25) is 0 Å². The van der Waals surface area contributed by atoms with Gasteiger partial charge in [0.05, 0.1) is 18.8 Å². The highest BCUT2D eigenvalue weighted by atomic mass is 32.1. The number of rotatable bonds is 4. The highest BCUT2D eigenvalue weighted by Gasteiger charge is 2.13. The van der Waals surface area contributed by atoms with Gasteiger partial charge in [0.15, 0.2) is 10.6 Å². The number of nitrogens with one attached hydrogen (secondary N) is 1. The molecule has 0 aliphatic heterocycles. The molecule has 92 valence electrons. The Hall–Kier alpha value is -1.47. The molecule has 2 rings (SSSR count). The van der Waals surface area contributed by atoms with Crippen LogP contribution >= 0.6 is 12.2 Å². The maximum atomic E-state index is 5.20. The lowest BCUT2D eigenvalue weighted by Gasteiger charge is -2.05. The van der Waals surface area contributed by atoms with Gasteiger partial charge in [0, 0.05) is 14.2 Å². The average Bonchev–Trinajstić information content (AvgIpc) is 2.79. The van der Waals surface area contributed by atoms with Crippen molar-refractivity contribution in [3.05, 3.63) is 16.5 Å². The second kappa shape index (κ2) is 4.80. The van der Waals surface area contributed by atoms with Crippen molar-refractivity contribution < 1.29 is 4.74 Å². The maximum Gasteiger partial charge on any atom is 0.195 e. The molecule has 17 heavy (non-hydrogen) atoms. The third-order valence-corrected chi connectivity index (χ3v) is 2.82. The summed E-state index contributed by atoms with van der Waals surface area (Å²) in [4.78, 5) is 0. The third kappa shape index (κ3) is 2.29. The molecule has 7 heteroatoms. The predicted octanol–water partition coefficient (Wildman–Crippen LogP) is 1.30. The molecule has 0 aliphatic rings. The Morgan fingerprint density at radius 3 is 2.88 bits per heavy atom. The Balaban J connectivity index is 2.45. The summed E-state index contributed by atoms with van der Waals surface area (Å²) in [6, 6.07) is 1.98. The van der Waals surface area contributed by atoms with Crippen LogP contribution < -0.4 is 0 Å². The number of methoxy groups -OCH3 is 1. The average molecular weight is 253 g/mol. The number of hydrogen-bond donors (Lipinski definition) is 1. The summed E-state index contributed by atoms with van der Waals surface area (Å²) in [6.45, 7) is 3.22. The van der Waals surface area contributed by atoms with Crippen molar-refractivity contribution >= 4 is 12.2 Å². The minimum absolute atomic E-state index is 0.593. The second-order valence-electron chi connectivity index (χ2n) is 3.79. The highest BCUT2D eigenvalue weighted by molar-refractivity contribution is 7.71. The van der Waals surface area contributed by atoms with E-state index in [4.69, 9.17) is 17.0 Å². The minimum atomic E-state index is 0.593. The molecule has 0 saturated carbocycles. The quantitative estimate of drug-likeness (QED) is 0.834. The molecule has 0 unspecified atom stereocenters. The van der Waals surface area contributed by atoms with Gasteiger partial charge in [-0.05, 0) is 25.2 Å². The Morgan fingerprint density at radius 1 is 1.53 bits per heavy atom. The smallest absolute Gasteiger partial charge is 0.195 e. The van der Waals surface area contributed by atoms with Gasteiger partial charge in [0.1, 0.15) is 5.69 Å². The number of H-pyrrole nitrogens is 1. The van der Waals surface area contributed by atoms with Gasteiger partial charge in [-0.2, -0.15) is 10.2 Å². The van der Waals surface area contributed by atoms with Crippen LogP contribution in [0.15, 0.2) is 6.07 Å². The van der Waals surface area contributed by atoms with Crippen molar-refractivity contribution in [3.8, 4) is 11.5 Å². The van der Waals surface area contributed by atoms with Crippen LogP contribution in [0.1, 0.15) is 5.69 Å². The van der Waals surface area contributed by atoms with E-state index in [9.17, 15) is 0 Å². The van der Waals surface area contributed by atoms with E-state index in [1.807, 2.05) is 24.6 Å². The molecule has 2 heterocycles. The lowest BCUT2D eigenvalue weighted by molar-refractivity contribution is 0.187. The first-order valence-electron chi connectivity index (χ1n) is 5.28. The zero-order valence-electron chi connectivity index (χ0n) is 10.1. The number of hydrogen-bond acceptors (Lipinski definition) is 4. The van der Waals surface area contributed by atoms with E-state index < -0.39 is 0 Å². The number of nitrogens with zero attached hydrogens (tertiary/aromatic N) is 4. The molecule has 6 nitrogen and oxygen atoms in total. The van der Waals surface area contributed by atoms with Crippen molar-refractivity contribution in [3.63, 3.8) is 0 Å². The van der Waals surface area contributed by atoms with Crippen molar-refractivity contribution in [1.82, 2.24) is 24.5 Å². The van der Waals surface area contributed by atoms with Gasteiger partial charge in [-0.15, -0.1) is 0 Å². The first kappa shape index (κ1) is 12.0. The minimum Gasteiger partial charge on any atom is -0.383 e. The van der Waals surface area contributed by atoms with Crippen LogP contribution in [0, 0.1) is 11.7 Å². The zero-order valence-corrected chi connectivity index (χ0v) is 10.9. The van der Waals surface area contributed by atoms with E-state index in [0.29, 0.717) is 17.9 Å². The largest absolute Gasteiger partial charge is 0.383 e. The van der Waals surface area contributed by atoms with Crippen LogP contribution in [0.3, 0.4) is 0 Å². The predicted molar refractivity (Wildman–Crippen MR) is 66.2 cm³/mol. The van der Waals surface area contributed by atoms with Crippen LogP contribution in [0.4, 0.5) is 0 Å². The van der Waals surface area contributed by atoms with E-state index in [1.165, 1.54) is 0 Å². The summed E-state index contributed by atoms with van der Waals surface area (Å²) in [5, 5.41) is 11.3. The molecule has 1 N–H and O–H groups in total. The van der Waals surface area contributed by atoms with E-state index in [2.05, 4.69) is 15.3 Å². The molecule has 0 fully saturated rings. The lowest BCUT2D eigenvalue weighted by atomic mass is 10.3. The molecule has 0 bridgehead atoms. The molecule has 2 aromatic rings. The number of aromatic amines is 1. The molecule has 0 aliphatic carbocycles. The molecule has 0 radical (unpaired) electrons. The Morgan fingerprint density at radius 2 is 2.29 bits per heavy atom. The molecule has 0 atom stereocenters. The summed E-state index contributed by atoms with van der Waals surface area (Å²) in [6.07, 6.45) is 0. The SMILES string of the molecule is COCCn1c(-c2cc(C)nn2C)n[nH]c1=S. The van der Waals surface area contributed by atoms with Crippen molar-refractivity contribution in [2.75, 3.05) is 13.7 Å². The molecule has 0 saturated heterocycles. The summed E-state index contributed by atoms with van der Waals surface area (Å²) in [5.74, 6) is 0.787. The summed E-state index contributed by atoms with van der Waals surface area (Å²) < 4.78 is 9.37. The fourth-order valence-corrected chi connectivity index (χ4v) is 1.95.